The quantitative estimate of drug-likeness (QED) is 0.692. The van der Waals surface area contributed by atoms with E-state index in [0.717, 1.165) is 5.56 Å². The Kier molecular flexibility index (Phi) is 7.88. The molecule has 1 aromatic carbocycles. The van der Waals surface area contributed by atoms with Gasteiger partial charge in [0.2, 0.25) is 10.0 Å². The monoisotopic (exact) mass is 473 g/mol. The highest BCUT2D eigenvalue weighted by Gasteiger charge is 2.38. The van der Waals surface area contributed by atoms with Crippen molar-refractivity contribution in [1.29, 1.82) is 0 Å². The summed E-state index contributed by atoms with van der Waals surface area (Å²) in [4.78, 5) is 18.5. The third-order valence-electron chi connectivity index (χ3n) is 5.76. The Morgan fingerprint density at radius 3 is 2.79 bits per heavy atom. The van der Waals surface area contributed by atoms with Crippen molar-refractivity contribution < 1.29 is 23.1 Å². The Labute approximate surface area is 195 Å². The minimum Gasteiger partial charge on any atom is -0.487 e. The number of rotatable bonds is 6. The summed E-state index contributed by atoms with van der Waals surface area (Å²) in [5.41, 5.74) is 1.27. The molecule has 0 aliphatic carbocycles. The number of amides is 1. The minimum absolute atomic E-state index is 0.0502. The number of hydrogen-bond acceptors (Lipinski definition) is 6. The average molecular weight is 474 g/mol. The maximum absolute atomic E-state index is 13.5. The molecule has 8 nitrogen and oxygen atoms in total. The Morgan fingerprint density at radius 1 is 1.39 bits per heavy atom. The van der Waals surface area contributed by atoms with Gasteiger partial charge >= 0.3 is 0 Å². The predicted octanol–water partition coefficient (Wildman–Crippen LogP) is 2.66. The van der Waals surface area contributed by atoms with Gasteiger partial charge in [0, 0.05) is 37.9 Å². The zero-order chi connectivity index (χ0) is 24.2. The number of aliphatic hydroxyl groups is 1. The highest BCUT2D eigenvalue weighted by molar-refractivity contribution is 7.89. The summed E-state index contributed by atoms with van der Waals surface area (Å²) in [6, 6.07) is 7.75. The van der Waals surface area contributed by atoms with Crippen LogP contribution in [-0.2, 0) is 10.0 Å². The van der Waals surface area contributed by atoms with E-state index in [2.05, 4.69) is 4.98 Å². The van der Waals surface area contributed by atoms with E-state index in [4.69, 9.17) is 4.74 Å². The number of aliphatic hydroxyl groups excluding tert-OH is 1. The lowest BCUT2D eigenvalue weighted by molar-refractivity contribution is 0.0563. The maximum atomic E-state index is 13.5. The molecule has 178 valence electrons. The Hall–Kier alpha value is -2.75. The zero-order valence-electron chi connectivity index (χ0n) is 19.4. The number of fused-ring (bicyclic) bond motifs is 1. The van der Waals surface area contributed by atoms with Gasteiger partial charge in [-0.05, 0) is 43.7 Å². The van der Waals surface area contributed by atoms with E-state index in [9.17, 15) is 18.3 Å². The van der Waals surface area contributed by atoms with Gasteiger partial charge < -0.3 is 14.7 Å². The third kappa shape index (κ3) is 5.43. The van der Waals surface area contributed by atoms with Gasteiger partial charge in [-0.15, -0.1) is 0 Å². The van der Waals surface area contributed by atoms with Gasteiger partial charge in [0.05, 0.1) is 18.7 Å². The molecule has 9 heteroatoms. The van der Waals surface area contributed by atoms with Crippen molar-refractivity contribution in [3.63, 3.8) is 0 Å². The number of benzene rings is 1. The Bertz CT molecular complexity index is 1100. The fourth-order valence-corrected chi connectivity index (χ4v) is 5.64. The largest absolute Gasteiger partial charge is 0.487 e. The summed E-state index contributed by atoms with van der Waals surface area (Å²) in [5.74, 6) is -0.215. The van der Waals surface area contributed by atoms with Gasteiger partial charge in [0.25, 0.3) is 5.91 Å². The lowest BCUT2D eigenvalue weighted by Crippen LogP contribution is -2.50. The number of aromatic nitrogens is 1. The van der Waals surface area contributed by atoms with Crippen molar-refractivity contribution in [1.82, 2.24) is 14.2 Å². The van der Waals surface area contributed by atoms with Gasteiger partial charge in [-0.25, -0.2) is 8.42 Å². The molecule has 0 fully saturated rings. The first kappa shape index (κ1) is 24.9. The predicted molar refractivity (Wildman–Crippen MR) is 126 cm³/mol. The van der Waals surface area contributed by atoms with Crippen LogP contribution in [0.2, 0.25) is 0 Å². The fraction of sp³-hybridized carbons (Fsp3) is 0.417. The van der Waals surface area contributed by atoms with Crippen LogP contribution in [0.5, 0.6) is 5.75 Å². The second kappa shape index (κ2) is 10.5. The molecule has 1 aliphatic heterocycles. The molecule has 0 radical (unpaired) electrons. The molecule has 3 rings (SSSR count). The summed E-state index contributed by atoms with van der Waals surface area (Å²) >= 11 is 0. The number of carbonyl (C=O) groups is 1. The summed E-state index contributed by atoms with van der Waals surface area (Å²) in [6.45, 7) is 5.54. The van der Waals surface area contributed by atoms with Crippen molar-refractivity contribution in [3.05, 3.63) is 59.9 Å². The number of allylic oxidation sites excluding steroid dienone is 1. The second-order valence-corrected chi connectivity index (χ2v) is 10.2. The first-order chi connectivity index (χ1) is 15.7. The molecule has 2 aromatic rings. The molecule has 0 saturated carbocycles. The van der Waals surface area contributed by atoms with Crippen molar-refractivity contribution in [2.75, 3.05) is 26.7 Å². The lowest BCUT2D eigenvalue weighted by Gasteiger charge is -2.37. The van der Waals surface area contributed by atoms with Gasteiger partial charge in [-0.2, -0.15) is 4.31 Å². The van der Waals surface area contributed by atoms with Crippen LogP contribution >= 0.6 is 0 Å². The van der Waals surface area contributed by atoms with Gasteiger partial charge in [-0.1, -0.05) is 25.1 Å². The molecule has 1 amide bonds. The van der Waals surface area contributed by atoms with Crippen LogP contribution in [0, 0.1) is 5.92 Å². The SMILES string of the molecule is C/C=C/c1ccc2c(c1)O[C@@H](CN(C)C(=O)c1cccnc1)[C@H](C)CN([C@@H](C)CO)S2(=O)=O. The highest BCUT2D eigenvalue weighted by atomic mass is 32.2. The topological polar surface area (TPSA) is 100 Å². The summed E-state index contributed by atoms with van der Waals surface area (Å²) in [6.07, 6.45) is 6.36. The van der Waals surface area contributed by atoms with Gasteiger partial charge in [-0.3, -0.25) is 9.78 Å². The van der Waals surface area contributed by atoms with Crippen LogP contribution in [0.4, 0.5) is 0 Å². The summed E-state index contributed by atoms with van der Waals surface area (Å²) in [5, 5.41) is 9.73. The molecular weight excluding hydrogens is 442 g/mol. The van der Waals surface area contributed by atoms with E-state index in [1.807, 2.05) is 26.0 Å². The van der Waals surface area contributed by atoms with Crippen LogP contribution in [0.3, 0.4) is 0 Å². The molecule has 2 heterocycles. The van der Waals surface area contributed by atoms with E-state index in [-0.39, 0.29) is 42.2 Å². The van der Waals surface area contributed by atoms with Crippen LogP contribution < -0.4 is 4.74 Å². The van der Waals surface area contributed by atoms with Crippen LogP contribution in [0.25, 0.3) is 6.08 Å². The fourth-order valence-electron chi connectivity index (χ4n) is 3.82. The normalized spacial score (nSPS) is 21.5. The van der Waals surface area contributed by atoms with Crippen molar-refractivity contribution in [2.45, 2.75) is 37.8 Å². The molecule has 0 saturated heterocycles. The Morgan fingerprint density at radius 2 is 2.15 bits per heavy atom. The number of sulfonamides is 1. The molecule has 0 spiro atoms. The first-order valence-corrected chi connectivity index (χ1v) is 12.3. The number of hydrogen-bond donors (Lipinski definition) is 1. The van der Waals surface area contributed by atoms with E-state index in [1.165, 1.54) is 16.6 Å². The van der Waals surface area contributed by atoms with Crippen LogP contribution in [-0.4, -0.2) is 72.5 Å². The van der Waals surface area contributed by atoms with Gasteiger partial charge in [0.15, 0.2) is 0 Å². The Balaban J connectivity index is 2.01. The van der Waals surface area contributed by atoms with E-state index >= 15 is 0 Å². The maximum Gasteiger partial charge on any atom is 0.255 e. The summed E-state index contributed by atoms with van der Waals surface area (Å²) < 4.78 is 34.5. The van der Waals surface area contributed by atoms with Crippen molar-refractivity contribution >= 4 is 22.0 Å². The van der Waals surface area contributed by atoms with Crippen molar-refractivity contribution in [2.24, 2.45) is 5.92 Å². The zero-order valence-corrected chi connectivity index (χ0v) is 20.2. The minimum atomic E-state index is -3.89. The molecule has 33 heavy (non-hydrogen) atoms. The number of likely N-dealkylation sites (N-methyl/N-ethyl adjacent to an activating group) is 1. The number of ether oxygens (including phenoxy) is 1. The number of pyridine rings is 1. The number of nitrogens with zero attached hydrogens (tertiary/aromatic N) is 3. The van der Waals surface area contributed by atoms with E-state index in [1.54, 1.807) is 49.3 Å². The number of carbonyl (C=O) groups excluding carboxylic acids is 1. The molecule has 1 N–H and O–H groups in total. The molecule has 0 unspecified atom stereocenters. The van der Waals surface area contributed by atoms with Crippen LogP contribution in [0.15, 0.2) is 53.7 Å². The molecule has 1 aromatic heterocycles. The average Bonchev–Trinajstić information content (AvgIpc) is 2.81. The smallest absolute Gasteiger partial charge is 0.255 e. The van der Waals surface area contributed by atoms with Gasteiger partial charge in [0.1, 0.15) is 16.7 Å². The summed E-state index contributed by atoms with van der Waals surface area (Å²) in [7, 11) is -2.21. The lowest BCUT2D eigenvalue weighted by atomic mass is 10.0. The second-order valence-electron chi connectivity index (χ2n) is 8.37. The van der Waals surface area contributed by atoms with Crippen molar-refractivity contribution in [3.8, 4) is 5.75 Å². The molecular formula is C24H31N3O5S. The first-order valence-electron chi connectivity index (χ1n) is 10.9. The van der Waals surface area contributed by atoms with Crippen LogP contribution in [0.1, 0.15) is 36.7 Å². The standard InChI is InChI=1S/C24H31N3O5S/c1-5-7-19-9-10-23-21(12-19)32-22(15-26(4)24(29)20-8-6-11-25-13-20)17(2)14-27(18(3)16-28)33(23,30)31/h5-13,17-18,22,28H,14-16H2,1-4H3/b7-5+/t17-,18+,22+/m1/s1. The molecule has 0 bridgehead atoms. The van der Waals surface area contributed by atoms with E-state index in [0.29, 0.717) is 5.56 Å². The van der Waals surface area contributed by atoms with E-state index < -0.39 is 22.2 Å². The molecule has 1 aliphatic rings. The highest BCUT2D eigenvalue weighted by Crippen LogP contribution is 2.34. The molecule has 3 atom stereocenters. The third-order valence-corrected chi connectivity index (χ3v) is 7.78.